The van der Waals surface area contributed by atoms with Crippen LogP contribution in [-0.2, 0) is 53.2 Å². The summed E-state index contributed by atoms with van der Waals surface area (Å²) in [6, 6.07) is 34.6. The molecule has 270 valence electrons. The van der Waals surface area contributed by atoms with E-state index < -0.39 is 11.7 Å². The molecule has 3 aliphatic rings. The Labute approximate surface area is 305 Å². The molecule has 3 saturated heterocycles. The minimum absolute atomic E-state index is 0.112. The molecular weight excluding hydrogens is 670 g/mol. The van der Waals surface area contributed by atoms with Crippen LogP contribution in [0.5, 0.6) is 5.75 Å². The van der Waals surface area contributed by atoms with E-state index in [1.165, 1.54) is 0 Å². The number of hydrogen-bond acceptors (Lipinski definition) is 9. The van der Waals surface area contributed by atoms with Crippen LogP contribution in [0.15, 0.2) is 103 Å². The molecule has 0 saturated carbocycles. The van der Waals surface area contributed by atoms with Gasteiger partial charge < -0.3 is 28.4 Å². The molecule has 0 amide bonds. The van der Waals surface area contributed by atoms with Gasteiger partial charge in [-0.3, -0.25) is 0 Å². The first-order valence-electron chi connectivity index (χ1n) is 17.8. The van der Waals surface area contributed by atoms with E-state index in [-0.39, 0.29) is 31.5 Å². The molecule has 7 rings (SSSR count). The van der Waals surface area contributed by atoms with Crippen LogP contribution in [0.4, 0.5) is 0 Å². The van der Waals surface area contributed by atoms with Gasteiger partial charge in [0.05, 0.1) is 77.6 Å². The fraction of sp³-hybridized carbons (Fsp3) is 0.415. The van der Waals surface area contributed by atoms with Gasteiger partial charge in [-0.1, -0.05) is 96.5 Å². The number of nitrogens with zero attached hydrogens (tertiary/aromatic N) is 1. The van der Waals surface area contributed by atoms with Crippen molar-refractivity contribution in [3.8, 4) is 5.75 Å². The SMILES string of the molecule is CCOc1ccc(Cc2cc(C3CC(OCc4ccccc4)[C@H](OCc4ccccc4)C4(COCC(N5CCOO5)COC4)O3)ccc2Cl)cc1. The summed E-state index contributed by atoms with van der Waals surface area (Å²) < 4.78 is 39.4. The number of halogens is 1. The minimum atomic E-state index is -0.971. The molecule has 4 aromatic carbocycles. The molecule has 0 N–H and O–H groups in total. The first-order valence-corrected chi connectivity index (χ1v) is 18.2. The summed E-state index contributed by atoms with van der Waals surface area (Å²) in [5, 5.41) is 2.48. The van der Waals surface area contributed by atoms with Crippen LogP contribution in [0, 0.1) is 0 Å². The Morgan fingerprint density at radius 1 is 0.804 bits per heavy atom. The van der Waals surface area contributed by atoms with Crippen LogP contribution in [0.3, 0.4) is 0 Å². The average Bonchev–Trinajstić information content (AvgIpc) is 3.69. The lowest BCUT2D eigenvalue weighted by Crippen LogP contribution is -2.63. The van der Waals surface area contributed by atoms with E-state index in [0.717, 1.165) is 33.6 Å². The van der Waals surface area contributed by atoms with Crippen molar-refractivity contribution in [2.24, 2.45) is 0 Å². The fourth-order valence-corrected chi connectivity index (χ4v) is 7.17. The Kier molecular flexibility index (Phi) is 12.3. The molecule has 3 atom stereocenters. The largest absolute Gasteiger partial charge is 0.494 e. The molecule has 1 spiro atoms. The second-order valence-electron chi connectivity index (χ2n) is 13.3. The van der Waals surface area contributed by atoms with E-state index in [1.54, 1.807) is 5.06 Å². The van der Waals surface area contributed by atoms with E-state index in [1.807, 2.05) is 67.6 Å². The summed E-state index contributed by atoms with van der Waals surface area (Å²) in [7, 11) is 0. The lowest BCUT2D eigenvalue weighted by atomic mass is 9.84. The van der Waals surface area contributed by atoms with E-state index >= 15 is 0 Å². The van der Waals surface area contributed by atoms with Gasteiger partial charge in [-0.05, 0) is 59.4 Å². The molecule has 0 aliphatic carbocycles. The van der Waals surface area contributed by atoms with Gasteiger partial charge in [-0.2, -0.15) is 0 Å². The third-order valence-corrected chi connectivity index (χ3v) is 9.96. The second-order valence-corrected chi connectivity index (χ2v) is 13.7. The van der Waals surface area contributed by atoms with Crippen LogP contribution < -0.4 is 4.74 Å². The highest BCUT2D eigenvalue weighted by molar-refractivity contribution is 6.31. The smallest absolute Gasteiger partial charge is 0.144 e. The van der Waals surface area contributed by atoms with Crippen molar-refractivity contribution in [3.05, 3.63) is 136 Å². The van der Waals surface area contributed by atoms with Crippen LogP contribution in [0.25, 0.3) is 0 Å². The Bertz CT molecular complexity index is 1640. The molecule has 10 heteroatoms. The number of rotatable bonds is 12. The highest BCUT2D eigenvalue weighted by atomic mass is 35.5. The quantitative estimate of drug-likeness (QED) is 0.141. The summed E-state index contributed by atoms with van der Waals surface area (Å²) >= 11 is 6.81. The van der Waals surface area contributed by atoms with E-state index in [2.05, 4.69) is 42.5 Å². The van der Waals surface area contributed by atoms with Crippen molar-refractivity contribution < 1.29 is 38.3 Å². The van der Waals surface area contributed by atoms with Gasteiger partial charge in [0.25, 0.3) is 0 Å². The van der Waals surface area contributed by atoms with Gasteiger partial charge >= 0.3 is 0 Å². The lowest BCUT2D eigenvalue weighted by molar-refractivity contribution is -0.388. The van der Waals surface area contributed by atoms with Crippen molar-refractivity contribution in [2.45, 2.75) is 62.9 Å². The summed E-state index contributed by atoms with van der Waals surface area (Å²) in [5.74, 6) is 0.851. The molecule has 51 heavy (non-hydrogen) atoms. The normalized spacial score (nSPS) is 25.8. The number of ether oxygens (including phenoxy) is 6. The summed E-state index contributed by atoms with van der Waals surface area (Å²) in [4.78, 5) is 10.5. The standard InChI is InChI=1S/C41H46ClNO8/c1-2-46-36-16-13-30(14-17-36)21-34-22-33(15-18-37(34)42)38-23-39(47-24-31-9-5-3-6-10-31)40(48-25-32-11-7-4-8-12-32)41(50-38)28-44-26-35(27-45-29-41)43-19-20-49-51-43/h3-18,22,35,38-40H,2,19-21,23-29H2,1H3/t35?,38?,39?,40-,41?/m0/s1. The Morgan fingerprint density at radius 2 is 1.49 bits per heavy atom. The van der Waals surface area contributed by atoms with Crippen LogP contribution in [0.1, 0.15) is 47.3 Å². The molecule has 4 aromatic rings. The topological polar surface area (TPSA) is 77.1 Å². The van der Waals surface area contributed by atoms with Gasteiger partial charge in [0, 0.05) is 11.4 Å². The average molecular weight is 716 g/mol. The molecule has 0 radical (unpaired) electrons. The molecule has 3 fully saturated rings. The van der Waals surface area contributed by atoms with Crippen LogP contribution >= 0.6 is 11.6 Å². The maximum absolute atomic E-state index is 7.18. The zero-order chi connectivity index (χ0) is 34.9. The van der Waals surface area contributed by atoms with Crippen molar-refractivity contribution in [2.75, 3.05) is 46.2 Å². The van der Waals surface area contributed by atoms with Gasteiger partial charge in [0.2, 0.25) is 0 Å². The minimum Gasteiger partial charge on any atom is -0.494 e. The molecule has 3 aliphatic heterocycles. The number of hydrogen-bond donors (Lipinski definition) is 0. The molecule has 9 nitrogen and oxygen atoms in total. The zero-order valence-electron chi connectivity index (χ0n) is 29.0. The monoisotopic (exact) mass is 715 g/mol. The van der Waals surface area contributed by atoms with Crippen molar-refractivity contribution in [3.63, 3.8) is 0 Å². The van der Waals surface area contributed by atoms with Gasteiger partial charge in [-0.15, -0.1) is 10.1 Å². The molecule has 2 unspecified atom stereocenters. The molecular formula is C41H46ClNO8. The third kappa shape index (κ3) is 9.18. The van der Waals surface area contributed by atoms with E-state index in [9.17, 15) is 0 Å². The predicted molar refractivity (Wildman–Crippen MR) is 192 cm³/mol. The highest BCUT2D eigenvalue weighted by Crippen LogP contribution is 2.43. The zero-order valence-corrected chi connectivity index (χ0v) is 29.7. The van der Waals surface area contributed by atoms with E-state index in [4.69, 9.17) is 49.9 Å². The van der Waals surface area contributed by atoms with E-state index in [0.29, 0.717) is 64.1 Å². The maximum atomic E-state index is 7.18. The van der Waals surface area contributed by atoms with Crippen molar-refractivity contribution in [1.29, 1.82) is 0 Å². The molecule has 0 bridgehead atoms. The summed E-state index contributed by atoms with van der Waals surface area (Å²) in [6.07, 6.45) is 0.0758. The van der Waals surface area contributed by atoms with Gasteiger partial charge in [0.1, 0.15) is 17.5 Å². The summed E-state index contributed by atoms with van der Waals surface area (Å²) in [5.41, 5.74) is 4.34. The van der Waals surface area contributed by atoms with Crippen LogP contribution in [-0.4, -0.2) is 75.1 Å². The fourth-order valence-electron chi connectivity index (χ4n) is 6.99. The van der Waals surface area contributed by atoms with Gasteiger partial charge in [-0.25, -0.2) is 4.89 Å². The molecule has 0 aromatic heterocycles. The Balaban J connectivity index is 1.18. The third-order valence-electron chi connectivity index (χ3n) is 9.59. The van der Waals surface area contributed by atoms with Crippen LogP contribution in [0.2, 0.25) is 5.02 Å². The van der Waals surface area contributed by atoms with Crippen molar-refractivity contribution >= 4 is 11.6 Å². The molecule has 3 heterocycles. The first kappa shape index (κ1) is 36.0. The summed E-state index contributed by atoms with van der Waals surface area (Å²) in [6.45, 7) is 5.83. The van der Waals surface area contributed by atoms with Gasteiger partial charge in [0.15, 0.2) is 0 Å². The lowest BCUT2D eigenvalue weighted by Gasteiger charge is -2.50. The maximum Gasteiger partial charge on any atom is 0.144 e. The highest BCUT2D eigenvalue weighted by Gasteiger charge is 2.53. The Hall–Kier alpha value is -3.35. The number of hydroxylamine groups is 2. The first-order chi connectivity index (χ1) is 25.1. The number of benzene rings is 4. The van der Waals surface area contributed by atoms with Crippen molar-refractivity contribution in [1.82, 2.24) is 5.06 Å². The Morgan fingerprint density at radius 3 is 2.14 bits per heavy atom. The second kappa shape index (κ2) is 17.4. The predicted octanol–water partition coefficient (Wildman–Crippen LogP) is 7.29.